The van der Waals surface area contributed by atoms with E-state index in [0.29, 0.717) is 11.8 Å². The van der Waals surface area contributed by atoms with Gasteiger partial charge in [0.25, 0.3) is 0 Å². The quantitative estimate of drug-likeness (QED) is 0.649. The van der Waals surface area contributed by atoms with Crippen molar-refractivity contribution >= 4 is 18.2 Å². The number of nitrogens with two attached hydrogens (primary N) is 1. The molecule has 0 bridgehead atoms. The van der Waals surface area contributed by atoms with E-state index in [1.54, 1.807) is 7.05 Å². The van der Waals surface area contributed by atoms with Crippen LogP contribution >= 0.6 is 12.4 Å². The molecule has 0 heterocycles. The number of aliphatic imine (C=N–C) groups is 1. The Morgan fingerprint density at radius 2 is 1.71 bits per heavy atom. The largest absolute Gasteiger partial charge is 0.387 e. The van der Waals surface area contributed by atoms with Gasteiger partial charge in [0.15, 0.2) is 0 Å². The summed E-state index contributed by atoms with van der Waals surface area (Å²) in [5.74, 6) is 1.60. The van der Waals surface area contributed by atoms with E-state index in [0.717, 1.165) is 6.42 Å². The van der Waals surface area contributed by atoms with Gasteiger partial charge in [-0.3, -0.25) is 4.99 Å². The van der Waals surface area contributed by atoms with Crippen molar-refractivity contribution in [3.05, 3.63) is 35.4 Å². The number of rotatable bonds is 4. The first-order valence-electron chi connectivity index (χ1n) is 5.85. The lowest BCUT2D eigenvalue weighted by molar-refractivity contribution is 0.647. The van der Waals surface area contributed by atoms with Crippen LogP contribution in [0.4, 0.5) is 0 Å². The van der Waals surface area contributed by atoms with E-state index in [2.05, 4.69) is 50.0 Å². The first kappa shape index (κ1) is 16.0. The van der Waals surface area contributed by atoms with Crippen molar-refractivity contribution in [2.75, 3.05) is 7.05 Å². The summed E-state index contributed by atoms with van der Waals surface area (Å²) >= 11 is 0. The van der Waals surface area contributed by atoms with E-state index < -0.39 is 0 Å². The van der Waals surface area contributed by atoms with E-state index in [1.165, 1.54) is 11.1 Å². The molecule has 2 nitrogen and oxygen atoms in total. The predicted molar refractivity (Wildman–Crippen MR) is 78.2 cm³/mol. The summed E-state index contributed by atoms with van der Waals surface area (Å²) in [5.41, 5.74) is 8.44. The smallest absolute Gasteiger partial charge is 0.101 e. The molecule has 0 aliphatic carbocycles. The Kier molecular flexibility index (Phi) is 6.89. The third-order valence-electron chi connectivity index (χ3n) is 2.83. The lowest BCUT2D eigenvalue weighted by Crippen LogP contribution is -2.19. The van der Waals surface area contributed by atoms with Crippen LogP contribution in [0.1, 0.15) is 37.8 Å². The number of nitrogens with zero attached hydrogens (tertiary/aromatic N) is 1. The van der Waals surface area contributed by atoms with E-state index in [1.807, 2.05) is 0 Å². The highest BCUT2D eigenvalue weighted by Gasteiger charge is 2.08. The number of benzene rings is 1. The Morgan fingerprint density at radius 3 is 2.12 bits per heavy atom. The monoisotopic (exact) mass is 254 g/mol. The molecule has 1 atom stereocenters. The molecule has 96 valence electrons. The Balaban J connectivity index is 0.00000256. The van der Waals surface area contributed by atoms with Crippen LogP contribution in [0.25, 0.3) is 0 Å². The fourth-order valence-corrected chi connectivity index (χ4v) is 1.78. The molecule has 0 spiro atoms. The predicted octanol–water partition coefficient (Wildman–Crippen LogP) is 3.40. The van der Waals surface area contributed by atoms with Gasteiger partial charge in [-0.25, -0.2) is 0 Å². The molecule has 3 heteroatoms. The standard InChI is InChI=1S/C14H22N2.ClH/c1-10(2)9-12-5-7-13(8-6-12)11(3)14(15)16-4;/h5-8,10-11H,9H2,1-4H3,(H2,15,16);1H/t11-;/m1./s1. The van der Waals surface area contributed by atoms with Crippen LogP contribution in [-0.4, -0.2) is 12.9 Å². The fraction of sp³-hybridized carbons (Fsp3) is 0.500. The van der Waals surface area contributed by atoms with Crippen LogP contribution in [-0.2, 0) is 6.42 Å². The van der Waals surface area contributed by atoms with Gasteiger partial charge in [0.1, 0.15) is 5.84 Å². The average Bonchev–Trinajstić information content (AvgIpc) is 2.27. The second-order valence-corrected chi connectivity index (χ2v) is 4.71. The molecular formula is C14H23ClN2. The van der Waals surface area contributed by atoms with Crippen molar-refractivity contribution in [2.45, 2.75) is 33.1 Å². The van der Waals surface area contributed by atoms with Gasteiger partial charge in [-0.1, -0.05) is 45.0 Å². The van der Waals surface area contributed by atoms with Crippen molar-refractivity contribution < 1.29 is 0 Å². The minimum Gasteiger partial charge on any atom is -0.387 e. The van der Waals surface area contributed by atoms with Gasteiger partial charge >= 0.3 is 0 Å². The Labute approximate surface area is 111 Å². The van der Waals surface area contributed by atoms with Gasteiger partial charge in [0.05, 0.1) is 0 Å². The summed E-state index contributed by atoms with van der Waals surface area (Å²) in [4.78, 5) is 4.03. The topological polar surface area (TPSA) is 38.4 Å². The molecule has 2 N–H and O–H groups in total. The normalized spacial score (nSPS) is 13.4. The minimum atomic E-state index is 0. The number of hydrogen-bond acceptors (Lipinski definition) is 1. The second kappa shape index (κ2) is 7.33. The molecule has 0 amide bonds. The molecule has 0 saturated carbocycles. The van der Waals surface area contributed by atoms with Crippen LogP contribution < -0.4 is 5.73 Å². The molecule has 17 heavy (non-hydrogen) atoms. The minimum absolute atomic E-state index is 0. The second-order valence-electron chi connectivity index (χ2n) is 4.71. The molecule has 1 aromatic rings. The van der Waals surface area contributed by atoms with Gasteiger partial charge in [-0.15, -0.1) is 12.4 Å². The molecule has 0 aliphatic heterocycles. The first-order valence-corrected chi connectivity index (χ1v) is 5.85. The summed E-state index contributed by atoms with van der Waals surface area (Å²) in [6, 6.07) is 8.68. The lowest BCUT2D eigenvalue weighted by atomic mass is 9.96. The summed E-state index contributed by atoms with van der Waals surface area (Å²) < 4.78 is 0. The van der Waals surface area contributed by atoms with Crippen LogP contribution in [0, 0.1) is 5.92 Å². The summed E-state index contributed by atoms with van der Waals surface area (Å²) in [6.07, 6.45) is 1.13. The molecule has 0 unspecified atom stereocenters. The van der Waals surface area contributed by atoms with Crippen molar-refractivity contribution in [1.29, 1.82) is 0 Å². The van der Waals surface area contributed by atoms with Gasteiger partial charge in [0.2, 0.25) is 0 Å². The Morgan fingerprint density at radius 1 is 1.18 bits per heavy atom. The molecule has 0 fully saturated rings. The first-order chi connectivity index (χ1) is 7.54. The third kappa shape index (κ3) is 4.78. The molecule has 0 radical (unpaired) electrons. The van der Waals surface area contributed by atoms with Crippen LogP contribution in [0.2, 0.25) is 0 Å². The maximum absolute atomic E-state index is 5.82. The van der Waals surface area contributed by atoms with E-state index in [9.17, 15) is 0 Å². The van der Waals surface area contributed by atoms with Crippen molar-refractivity contribution in [3.8, 4) is 0 Å². The molecular weight excluding hydrogens is 232 g/mol. The molecule has 0 aromatic heterocycles. The zero-order chi connectivity index (χ0) is 12.1. The third-order valence-corrected chi connectivity index (χ3v) is 2.83. The summed E-state index contributed by atoms with van der Waals surface area (Å²) in [7, 11) is 1.74. The van der Waals surface area contributed by atoms with Gasteiger partial charge in [0, 0.05) is 13.0 Å². The van der Waals surface area contributed by atoms with Crippen molar-refractivity contribution in [3.63, 3.8) is 0 Å². The van der Waals surface area contributed by atoms with Crippen LogP contribution in [0.3, 0.4) is 0 Å². The molecule has 0 saturated heterocycles. The molecule has 1 aromatic carbocycles. The number of amidine groups is 1. The van der Waals surface area contributed by atoms with Gasteiger partial charge < -0.3 is 5.73 Å². The van der Waals surface area contributed by atoms with E-state index >= 15 is 0 Å². The zero-order valence-electron chi connectivity index (χ0n) is 11.1. The number of hydrogen-bond donors (Lipinski definition) is 1. The Hall–Kier alpha value is -1.02. The highest BCUT2D eigenvalue weighted by Crippen LogP contribution is 2.17. The van der Waals surface area contributed by atoms with Gasteiger partial charge in [-0.05, 0) is 23.5 Å². The zero-order valence-corrected chi connectivity index (χ0v) is 11.9. The highest BCUT2D eigenvalue weighted by atomic mass is 35.5. The summed E-state index contributed by atoms with van der Waals surface area (Å²) in [6.45, 7) is 6.55. The molecule has 0 aliphatic rings. The number of halogens is 1. The average molecular weight is 255 g/mol. The van der Waals surface area contributed by atoms with Gasteiger partial charge in [-0.2, -0.15) is 0 Å². The van der Waals surface area contributed by atoms with Crippen LogP contribution in [0.5, 0.6) is 0 Å². The summed E-state index contributed by atoms with van der Waals surface area (Å²) in [5, 5.41) is 0. The lowest BCUT2D eigenvalue weighted by Gasteiger charge is -2.12. The van der Waals surface area contributed by atoms with Crippen molar-refractivity contribution in [1.82, 2.24) is 0 Å². The molecule has 1 rings (SSSR count). The maximum atomic E-state index is 5.82. The van der Waals surface area contributed by atoms with E-state index in [4.69, 9.17) is 5.73 Å². The van der Waals surface area contributed by atoms with E-state index in [-0.39, 0.29) is 18.3 Å². The fourth-order valence-electron chi connectivity index (χ4n) is 1.78. The SMILES string of the molecule is CN=C(N)[C@H](C)c1ccc(CC(C)C)cc1.Cl. The van der Waals surface area contributed by atoms with Crippen molar-refractivity contribution in [2.24, 2.45) is 16.6 Å². The highest BCUT2D eigenvalue weighted by molar-refractivity contribution is 5.86. The Bertz CT molecular complexity index is 355. The van der Waals surface area contributed by atoms with Crippen LogP contribution in [0.15, 0.2) is 29.3 Å². The maximum Gasteiger partial charge on any atom is 0.101 e.